The Balaban J connectivity index is 2.01. The highest BCUT2D eigenvalue weighted by atomic mass is 16.1. The van der Waals surface area contributed by atoms with E-state index in [1.807, 2.05) is 18.2 Å². The normalized spacial score (nSPS) is 18.2. The molecule has 1 aromatic rings. The van der Waals surface area contributed by atoms with Crippen LogP contribution in [0.15, 0.2) is 24.3 Å². The van der Waals surface area contributed by atoms with Crippen LogP contribution >= 0.6 is 0 Å². The molecule has 1 saturated heterocycles. The minimum absolute atomic E-state index is 0.103. The number of hydrogen-bond donors (Lipinski definition) is 0. The zero-order valence-electron chi connectivity index (χ0n) is 12.2. The van der Waals surface area contributed by atoms with E-state index in [0.717, 1.165) is 31.6 Å². The average molecular weight is 259 g/mol. The highest BCUT2D eigenvalue weighted by Crippen LogP contribution is 2.17. The van der Waals surface area contributed by atoms with Crippen LogP contribution in [-0.2, 0) is 6.42 Å². The molecule has 1 atom stereocenters. The van der Waals surface area contributed by atoms with Crippen molar-refractivity contribution >= 4 is 5.78 Å². The Labute approximate surface area is 116 Å². The van der Waals surface area contributed by atoms with Crippen LogP contribution in [0.5, 0.6) is 0 Å². The summed E-state index contributed by atoms with van der Waals surface area (Å²) in [7, 11) is 0. The van der Waals surface area contributed by atoms with Gasteiger partial charge in [0.15, 0.2) is 5.78 Å². The molecule has 1 unspecified atom stereocenters. The second kappa shape index (κ2) is 6.85. The van der Waals surface area contributed by atoms with Gasteiger partial charge in [-0.25, -0.2) is 0 Å². The van der Waals surface area contributed by atoms with E-state index in [1.165, 1.54) is 24.8 Å². The van der Waals surface area contributed by atoms with Crippen molar-refractivity contribution in [2.75, 3.05) is 19.6 Å². The number of carbonyl (C=O) groups excluding carboxylic acids is 1. The first-order chi connectivity index (χ1) is 9.22. The van der Waals surface area contributed by atoms with Gasteiger partial charge in [0, 0.05) is 18.0 Å². The fourth-order valence-corrected chi connectivity index (χ4v) is 2.95. The van der Waals surface area contributed by atoms with Crippen molar-refractivity contribution in [1.29, 1.82) is 0 Å². The summed E-state index contributed by atoms with van der Waals surface area (Å²) in [5.74, 6) is 0.411. The standard InChI is InChI=1S/C17H25NO/c1-3-15-9-5-6-10-16(15)17(19)14(2)13-18-11-7-4-8-12-18/h5-6,9-10,14H,3-4,7-8,11-13H2,1-2H3. The molecule has 1 aliphatic rings. The SMILES string of the molecule is CCc1ccccc1C(=O)C(C)CN1CCCCC1. The van der Waals surface area contributed by atoms with Gasteiger partial charge in [-0.1, -0.05) is 44.5 Å². The Bertz CT molecular complexity index is 421. The summed E-state index contributed by atoms with van der Waals surface area (Å²) >= 11 is 0. The van der Waals surface area contributed by atoms with Gasteiger partial charge < -0.3 is 4.90 Å². The highest BCUT2D eigenvalue weighted by molar-refractivity contribution is 5.99. The molecular weight excluding hydrogens is 234 g/mol. The zero-order chi connectivity index (χ0) is 13.7. The number of Topliss-reactive ketones (excluding diaryl/α,β-unsaturated/α-hetero) is 1. The monoisotopic (exact) mass is 259 g/mol. The lowest BCUT2D eigenvalue weighted by Crippen LogP contribution is -2.36. The second-order valence-corrected chi connectivity index (χ2v) is 5.64. The van der Waals surface area contributed by atoms with E-state index in [0.29, 0.717) is 5.78 Å². The van der Waals surface area contributed by atoms with Crippen LogP contribution < -0.4 is 0 Å². The number of benzene rings is 1. The molecule has 0 N–H and O–H groups in total. The average Bonchev–Trinajstić information content (AvgIpc) is 2.47. The smallest absolute Gasteiger partial charge is 0.167 e. The third-order valence-electron chi connectivity index (χ3n) is 4.09. The van der Waals surface area contributed by atoms with Gasteiger partial charge in [0.2, 0.25) is 0 Å². The molecule has 2 heteroatoms. The Morgan fingerprint density at radius 2 is 1.89 bits per heavy atom. The quantitative estimate of drug-likeness (QED) is 0.754. The molecule has 1 aliphatic heterocycles. The van der Waals surface area contributed by atoms with Crippen LogP contribution in [0.4, 0.5) is 0 Å². The molecule has 0 amide bonds. The summed E-state index contributed by atoms with van der Waals surface area (Å²) in [4.78, 5) is 15.0. The van der Waals surface area contributed by atoms with E-state index in [1.54, 1.807) is 0 Å². The van der Waals surface area contributed by atoms with E-state index in [2.05, 4.69) is 24.8 Å². The molecule has 104 valence electrons. The Morgan fingerprint density at radius 1 is 1.21 bits per heavy atom. The van der Waals surface area contributed by atoms with Crippen LogP contribution in [0.1, 0.15) is 49.0 Å². The first kappa shape index (κ1) is 14.3. The van der Waals surface area contributed by atoms with E-state index in [4.69, 9.17) is 0 Å². The number of likely N-dealkylation sites (tertiary alicyclic amines) is 1. The molecule has 2 nitrogen and oxygen atoms in total. The number of carbonyl (C=O) groups is 1. The van der Waals surface area contributed by atoms with Crippen molar-refractivity contribution in [2.45, 2.75) is 39.5 Å². The summed E-state index contributed by atoms with van der Waals surface area (Å²) in [6.07, 6.45) is 4.84. The van der Waals surface area contributed by atoms with Crippen LogP contribution in [0.2, 0.25) is 0 Å². The molecule has 0 saturated carbocycles. The minimum atomic E-state index is 0.103. The molecule has 1 aromatic carbocycles. The Hall–Kier alpha value is -1.15. The number of piperidine rings is 1. The molecule has 0 spiro atoms. The molecule has 1 fully saturated rings. The molecular formula is C17H25NO. The van der Waals surface area contributed by atoms with Gasteiger partial charge in [0.05, 0.1) is 0 Å². The van der Waals surface area contributed by atoms with E-state index in [9.17, 15) is 4.79 Å². The maximum absolute atomic E-state index is 12.6. The topological polar surface area (TPSA) is 20.3 Å². The number of hydrogen-bond acceptors (Lipinski definition) is 2. The summed E-state index contributed by atoms with van der Waals surface area (Å²) in [5, 5.41) is 0. The molecule has 0 aliphatic carbocycles. The van der Waals surface area contributed by atoms with Crippen LogP contribution in [0.25, 0.3) is 0 Å². The number of aryl methyl sites for hydroxylation is 1. The van der Waals surface area contributed by atoms with E-state index < -0.39 is 0 Å². The lowest BCUT2D eigenvalue weighted by molar-refractivity contribution is 0.0882. The molecule has 19 heavy (non-hydrogen) atoms. The van der Waals surface area contributed by atoms with Crippen molar-refractivity contribution in [1.82, 2.24) is 4.90 Å². The maximum Gasteiger partial charge on any atom is 0.167 e. The van der Waals surface area contributed by atoms with Gasteiger partial charge in [-0.3, -0.25) is 4.79 Å². The predicted molar refractivity (Wildman–Crippen MR) is 79.6 cm³/mol. The number of nitrogens with zero attached hydrogens (tertiary/aromatic N) is 1. The fourth-order valence-electron chi connectivity index (χ4n) is 2.95. The Kier molecular flexibility index (Phi) is 5.15. The van der Waals surface area contributed by atoms with E-state index in [-0.39, 0.29) is 5.92 Å². The summed E-state index contributed by atoms with van der Waals surface area (Å²) in [6.45, 7) is 7.42. The van der Waals surface area contributed by atoms with Gasteiger partial charge in [0.1, 0.15) is 0 Å². The van der Waals surface area contributed by atoms with Crippen molar-refractivity contribution in [3.05, 3.63) is 35.4 Å². The van der Waals surface area contributed by atoms with Crippen LogP contribution in [0, 0.1) is 5.92 Å². The first-order valence-corrected chi connectivity index (χ1v) is 7.57. The van der Waals surface area contributed by atoms with Gasteiger partial charge in [-0.05, 0) is 37.9 Å². The van der Waals surface area contributed by atoms with Gasteiger partial charge in [-0.15, -0.1) is 0 Å². The molecule has 2 rings (SSSR count). The lowest BCUT2D eigenvalue weighted by atomic mass is 9.93. The van der Waals surface area contributed by atoms with Crippen molar-refractivity contribution in [2.24, 2.45) is 5.92 Å². The maximum atomic E-state index is 12.6. The van der Waals surface area contributed by atoms with Crippen molar-refractivity contribution in [3.63, 3.8) is 0 Å². The Morgan fingerprint density at radius 3 is 2.58 bits per heavy atom. The highest BCUT2D eigenvalue weighted by Gasteiger charge is 2.21. The molecule has 1 heterocycles. The molecule has 0 bridgehead atoms. The van der Waals surface area contributed by atoms with E-state index >= 15 is 0 Å². The largest absolute Gasteiger partial charge is 0.303 e. The number of rotatable bonds is 5. The predicted octanol–water partition coefficient (Wildman–Crippen LogP) is 3.55. The van der Waals surface area contributed by atoms with Gasteiger partial charge >= 0.3 is 0 Å². The fraction of sp³-hybridized carbons (Fsp3) is 0.588. The molecule has 0 radical (unpaired) electrons. The van der Waals surface area contributed by atoms with Crippen LogP contribution in [0.3, 0.4) is 0 Å². The number of ketones is 1. The minimum Gasteiger partial charge on any atom is -0.303 e. The van der Waals surface area contributed by atoms with Crippen LogP contribution in [-0.4, -0.2) is 30.3 Å². The first-order valence-electron chi connectivity index (χ1n) is 7.57. The summed E-state index contributed by atoms with van der Waals surface area (Å²) in [6, 6.07) is 8.04. The van der Waals surface area contributed by atoms with Gasteiger partial charge in [0.25, 0.3) is 0 Å². The second-order valence-electron chi connectivity index (χ2n) is 5.64. The summed E-state index contributed by atoms with van der Waals surface area (Å²) < 4.78 is 0. The lowest BCUT2D eigenvalue weighted by Gasteiger charge is -2.28. The third-order valence-corrected chi connectivity index (χ3v) is 4.09. The van der Waals surface area contributed by atoms with Crippen molar-refractivity contribution < 1.29 is 4.79 Å². The molecule has 0 aromatic heterocycles. The summed E-state index contributed by atoms with van der Waals surface area (Å²) in [5.41, 5.74) is 2.10. The van der Waals surface area contributed by atoms with Crippen molar-refractivity contribution in [3.8, 4) is 0 Å². The van der Waals surface area contributed by atoms with Gasteiger partial charge in [-0.2, -0.15) is 0 Å². The third kappa shape index (κ3) is 3.66. The zero-order valence-corrected chi connectivity index (χ0v) is 12.2.